The first-order valence-corrected chi connectivity index (χ1v) is 6.24. The average molecular weight is 252 g/mol. The van der Waals surface area contributed by atoms with E-state index in [4.69, 9.17) is 14.6 Å². The standard InChI is InChI=1S/C14H20O4/c1-2-3-10-17-14(16)11-18-13-6-4-12(5-7-13)8-9-15/h4-7,15H,2-3,8-11H2,1H3. The highest BCUT2D eigenvalue weighted by Crippen LogP contribution is 2.12. The van der Waals surface area contributed by atoms with E-state index in [1.165, 1.54) is 0 Å². The highest BCUT2D eigenvalue weighted by Gasteiger charge is 2.03. The summed E-state index contributed by atoms with van der Waals surface area (Å²) in [6.45, 7) is 2.55. The van der Waals surface area contributed by atoms with Gasteiger partial charge in [0.1, 0.15) is 5.75 Å². The molecule has 0 fully saturated rings. The lowest BCUT2D eigenvalue weighted by atomic mass is 10.1. The fraction of sp³-hybridized carbons (Fsp3) is 0.500. The molecule has 0 aliphatic rings. The predicted molar refractivity (Wildman–Crippen MR) is 68.6 cm³/mol. The second-order valence-electron chi connectivity index (χ2n) is 3.98. The van der Waals surface area contributed by atoms with Crippen LogP contribution in [0.3, 0.4) is 0 Å². The number of carbonyl (C=O) groups is 1. The van der Waals surface area contributed by atoms with Crippen LogP contribution in [-0.4, -0.2) is 30.9 Å². The van der Waals surface area contributed by atoms with Crippen LogP contribution < -0.4 is 4.74 Å². The first kappa shape index (κ1) is 14.5. The van der Waals surface area contributed by atoms with Gasteiger partial charge < -0.3 is 14.6 Å². The predicted octanol–water partition coefficient (Wildman–Crippen LogP) is 1.94. The van der Waals surface area contributed by atoms with Crippen LogP contribution in [0.5, 0.6) is 5.75 Å². The fourth-order valence-corrected chi connectivity index (χ4v) is 1.40. The maximum Gasteiger partial charge on any atom is 0.344 e. The lowest BCUT2D eigenvalue weighted by Crippen LogP contribution is -2.15. The molecule has 0 unspecified atom stereocenters. The Hall–Kier alpha value is -1.55. The maximum absolute atomic E-state index is 11.3. The molecule has 1 aromatic rings. The van der Waals surface area contributed by atoms with Crippen LogP contribution in [-0.2, 0) is 16.0 Å². The van der Waals surface area contributed by atoms with Gasteiger partial charge in [-0.15, -0.1) is 0 Å². The van der Waals surface area contributed by atoms with E-state index in [2.05, 4.69) is 0 Å². The van der Waals surface area contributed by atoms with Crippen LogP contribution in [0.25, 0.3) is 0 Å². The molecule has 18 heavy (non-hydrogen) atoms. The molecule has 0 aromatic heterocycles. The van der Waals surface area contributed by atoms with Gasteiger partial charge in [-0.25, -0.2) is 4.79 Å². The van der Waals surface area contributed by atoms with Crippen molar-refractivity contribution in [3.05, 3.63) is 29.8 Å². The van der Waals surface area contributed by atoms with Crippen LogP contribution in [0.1, 0.15) is 25.3 Å². The number of esters is 1. The summed E-state index contributed by atoms with van der Waals surface area (Å²) in [6, 6.07) is 7.30. The molecule has 0 radical (unpaired) electrons. The van der Waals surface area contributed by atoms with E-state index in [0.717, 1.165) is 18.4 Å². The lowest BCUT2D eigenvalue weighted by Gasteiger charge is -2.07. The number of unbranched alkanes of at least 4 members (excludes halogenated alkanes) is 1. The number of hydrogen-bond donors (Lipinski definition) is 1. The van der Waals surface area contributed by atoms with Gasteiger partial charge in [-0.05, 0) is 30.5 Å². The van der Waals surface area contributed by atoms with Crippen LogP contribution in [0, 0.1) is 0 Å². The second kappa shape index (κ2) is 8.53. The second-order valence-corrected chi connectivity index (χ2v) is 3.98. The lowest BCUT2D eigenvalue weighted by molar-refractivity contribution is -0.146. The number of hydrogen-bond acceptors (Lipinski definition) is 4. The Labute approximate surface area is 108 Å². The third kappa shape index (κ3) is 5.68. The highest BCUT2D eigenvalue weighted by atomic mass is 16.6. The molecule has 0 bridgehead atoms. The minimum Gasteiger partial charge on any atom is -0.482 e. The van der Waals surface area contributed by atoms with Crippen molar-refractivity contribution in [3.8, 4) is 5.75 Å². The molecule has 0 aliphatic heterocycles. The highest BCUT2D eigenvalue weighted by molar-refractivity contribution is 5.71. The van der Waals surface area contributed by atoms with Crippen LogP contribution in [0.4, 0.5) is 0 Å². The van der Waals surface area contributed by atoms with Crippen molar-refractivity contribution in [2.24, 2.45) is 0 Å². The SMILES string of the molecule is CCCCOC(=O)COc1ccc(CCO)cc1. The molecule has 1 rings (SSSR count). The monoisotopic (exact) mass is 252 g/mol. The molecule has 0 heterocycles. The van der Waals surface area contributed by atoms with Crippen molar-refractivity contribution in [2.45, 2.75) is 26.2 Å². The smallest absolute Gasteiger partial charge is 0.344 e. The van der Waals surface area contributed by atoms with Crippen molar-refractivity contribution in [1.82, 2.24) is 0 Å². The quantitative estimate of drug-likeness (QED) is 0.567. The zero-order chi connectivity index (χ0) is 13.2. The third-order valence-electron chi connectivity index (χ3n) is 2.44. The Morgan fingerprint density at radius 1 is 1.28 bits per heavy atom. The Bertz CT molecular complexity index is 345. The molecule has 1 N–H and O–H groups in total. The normalized spacial score (nSPS) is 10.1. The molecule has 0 spiro atoms. The van der Waals surface area contributed by atoms with Crippen molar-refractivity contribution >= 4 is 5.97 Å². The zero-order valence-corrected chi connectivity index (χ0v) is 10.7. The molecule has 0 atom stereocenters. The average Bonchev–Trinajstić information content (AvgIpc) is 2.39. The molecule has 0 saturated carbocycles. The summed E-state index contributed by atoms with van der Waals surface area (Å²) in [5.41, 5.74) is 1.04. The van der Waals surface area contributed by atoms with E-state index < -0.39 is 0 Å². The topological polar surface area (TPSA) is 55.8 Å². The van der Waals surface area contributed by atoms with Crippen molar-refractivity contribution < 1.29 is 19.4 Å². The molecular formula is C14H20O4. The summed E-state index contributed by atoms with van der Waals surface area (Å²) in [7, 11) is 0. The summed E-state index contributed by atoms with van der Waals surface area (Å²) < 4.78 is 10.3. The van der Waals surface area contributed by atoms with E-state index in [1.807, 2.05) is 19.1 Å². The van der Waals surface area contributed by atoms with Crippen LogP contribution in [0.2, 0.25) is 0 Å². The van der Waals surface area contributed by atoms with Gasteiger partial charge in [-0.2, -0.15) is 0 Å². The molecule has 4 heteroatoms. The van der Waals surface area contributed by atoms with Gasteiger partial charge in [0, 0.05) is 6.61 Å². The third-order valence-corrected chi connectivity index (χ3v) is 2.44. The summed E-state index contributed by atoms with van der Waals surface area (Å²) in [6.07, 6.45) is 2.50. The first-order valence-electron chi connectivity index (χ1n) is 6.24. The summed E-state index contributed by atoms with van der Waals surface area (Å²) >= 11 is 0. The first-order chi connectivity index (χ1) is 8.76. The largest absolute Gasteiger partial charge is 0.482 e. The van der Waals surface area contributed by atoms with Crippen LogP contribution in [0.15, 0.2) is 24.3 Å². The van der Waals surface area contributed by atoms with Gasteiger partial charge >= 0.3 is 5.97 Å². The van der Waals surface area contributed by atoms with Gasteiger partial charge in [0.15, 0.2) is 6.61 Å². The Morgan fingerprint density at radius 2 is 2.00 bits per heavy atom. The van der Waals surface area contributed by atoms with Crippen LogP contribution >= 0.6 is 0 Å². The Morgan fingerprint density at radius 3 is 2.61 bits per heavy atom. The minimum absolute atomic E-state index is 0.0664. The number of rotatable bonds is 8. The van der Waals surface area contributed by atoms with Crippen molar-refractivity contribution in [1.29, 1.82) is 0 Å². The van der Waals surface area contributed by atoms with E-state index in [0.29, 0.717) is 18.8 Å². The van der Waals surface area contributed by atoms with Gasteiger partial charge in [-0.1, -0.05) is 25.5 Å². The van der Waals surface area contributed by atoms with E-state index in [1.54, 1.807) is 12.1 Å². The van der Waals surface area contributed by atoms with E-state index in [9.17, 15) is 4.79 Å². The Kier molecular flexibility index (Phi) is 6.87. The maximum atomic E-state index is 11.3. The Balaban J connectivity index is 2.27. The zero-order valence-electron chi connectivity index (χ0n) is 10.7. The van der Waals surface area contributed by atoms with Gasteiger partial charge in [0.05, 0.1) is 6.61 Å². The van der Waals surface area contributed by atoms with Crippen molar-refractivity contribution in [3.63, 3.8) is 0 Å². The number of aliphatic hydroxyl groups excluding tert-OH is 1. The molecule has 4 nitrogen and oxygen atoms in total. The molecule has 1 aromatic carbocycles. The molecule has 0 saturated heterocycles. The van der Waals surface area contributed by atoms with E-state index >= 15 is 0 Å². The molecular weight excluding hydrogens is 232 g/mol. The number of aliphatic hydroxyl groups is 1. The fourth-order valence-electron chi connectivity index (χ4n) is 1.40. The van der Waals surface area contributed by atoms with Gasteiger partial charge in [0.2, 0.25) is 0 Å². The van der Waals surface area contributed by atoms with Gasteiger partial charge in [-0.3, -0.25) is 0 Å². The molecule has 100 valence electrons. The molecule has 0 aliphatic carbocycles. The number of ether oxygens (including phenoxy) is 2. The molecule has 0 amide bonds. The summed E-state index contributed by atoms with van der Waals surface area (Å²) in [5, 5.41) is 8.78. The van der Waals surface area contributed by atoms with Gasteiger partial charge in [0.25, 0.3) is 0 Å². The minimum atomic E-state index is -0.345. The number of benzene rings is 1. The van der Waals surface area contributed by atoms with E-state index in [-0.39, 0.29) is 19.2 Å². The van der Waals surface area contributed by atoms with Crippen molar-refractivity contribution in [2.75, 3.05) is 19.8 Å². The number of carbonyl (C=O) groups excluding carboxylic acids is 1. The summed E-state index contributed by atoms with van der Waals surface area (Å²) in [5.74, 6) is 0.284. The summed E-state index contributed by atoms with van der Waals surface area (Å²) in [4.78, 5) is 11.3.